The summed E-state index contributed by atoms with van der Waals surface area (Å²) in [5.41, 5.74) is 0.616. The topological polar surface area (TPSA) is 53.6 Å². The van der Waals surface area contributed by atoms with Gasteiger partial charge in [0.25, 0.3) is 5.91 Å². The number of hydrogen-bond acceptors (Lipinski definition) is 4. The number of amides is 1. The molecule has 130 valence electrons. The Balaban J connectivity index is 0.00000264. The highest BCUT2D eigenvalue weighted by atomic mass is 79.9. The second kappa shape index (κ2) is 10.1. The number of rotatable bonds is 6. The second-order valence-corrected chi connectivity index (χ2v) is 6.61. The van der Waals surface area contributed by atoms with Crippen molar-refractivity contribution in [3.05, 3.63) is 28.2 Å². The molecular formula is C16H25BrClN3O2. The Morgan fingerprint density at radius 2 is 2.04 bits per heavy atom. The van der Waals surface area contributed by atoms with Crippen LogP contribution in [0.4, 0.5) is 0 Å². The molecule has 23 heavy (non-hydrogen) atoms. The van der Waals surface area contributed by atoms with Crippen LogP contribution in [0.25, 0.3) is 0 Å². The molecule has 1 aliphatic rings. The average Bonchev–Trinajstić information content (AvgIpc) is 2.47. The van der Waals surface area contributed by atoms with Gasteiger partial charge >= 0.3 is 0 Å². The Hall–Kier alpha value is -0.820. The minimum absolute atomic E-state index is 0. The molecule has 0 atom stereocenters. The van der Waals surface area contributed by atoms with Gasteiger partial charge in [-0.15, -0.1) is 12.4 Å². The molecule has 0 aliphatic carbocycles. The lowest BCUT2D eigenvalue weighted by Crippen LogP contribution is -2.46. The lowest BCUT2D eigenvalue weighted by Gasteiger charge is -2.27. The highest BCUT2D eigenvalue weighted by Crippen LogP contribution is 2.22. The van der Waals surface area contributed by atoms with Crippen LogP contribution in [0.5, 0.6) is 5.75 Å². The summed E-state index contributed by atoms with van der Waals surface area (Å²) in [6, 6.07) is 5.47. The average molecular weight is 407 g/mol. The number of halogens is 2. The van der Waals surface area contributed by atoms with Crippen LogP contribution in [-0.4, -0.2) is 56.2 Å². The van der Waals surface area contributed by atoms with Crippen LogP contribution in [0.2, 0.25) is 0 Å². The summed E-state index contributed by atoms with van der Waals surface area (Å²) >= 11 is 3.43. The van der Waals surface area contributed by atoms with Crippen molar-refractivity contribution in [3.8, 4) is 5.75 Å². The highest BCUT2D eigenvalue weighted by molar-refractivity contribution is 9.10. The van der Waals surface area contributed by atoms with Gasteiger partial charge in [-0.25, -0.2) is 0 Å². The maximum Gasteiger partial charge on any atom is 0.251 e. The lowest BCUT2D eigenvalue weighted by atomic mass is 10.2. The number of piperazine rings is 1. The number of nitrogens with one attached hydrogen (secondary N) is 2. The Kier molecular flexibility index (Phi) is 8.91. The first-order chi connectivity index (χ1) is 10.5. The van der Waals surface area contributed by atoms with E-state index < -0.39 is 0 Å². The minimum Gasteiger partial charge on any atom is -0.491 e. The number of carbonyl (C=O) groups is 1. The van der Waals surface area contributed by atoms with E-state index in [4.69, 9.17) is 4.74 Å². The highest BCUT2D eigenvalue weighted by Gasteiger charge is 2.12. The molecule has 0 aromatic heterocycles. The Morgan fingerprint density at radius 3 is 2.70 bits per heavy atom. The van der Waals surface area contributed by atoms with Crippen LogP contribution >= 0.6 is 28.3 Å². The van der Waals surface area contributed by atoms with E-state index in [1.165, 1.54) is 0 Å². The zero-order valence-electron chi connectivity index (χ0n) is 13.6. The first-order valence-electron chi connectivity index (χ1n) is 7.73. The maximum atomic E-state index is 12.3. The normalized spacial score (nSPS) is 15.1. The molecular weight excluding hydrogens is 382 g/mol. The van der Waals surface area contributed by atoms with Gasteiger partial charge in [-0.1, -0.05) is 15.9 Å². The van der Waals surface area contributed by atoms with Crippen molar-refractivity contribution in [3.63, 3.8) is 0 Å². The first-order valence-corrected chi connectivity index (χ1v) is 8.52. The fourth-order valence-electron chi connectivity index (χ4n) is 2.40. The van der Waals surface area contributed by atoms with Crippen LogP contribution in [0.15, 0.2) is 22.7 Å². The smallest absolute Gasteiger partial charge is 0.251 e. The summed E-state index contributed by atoms with van der Waals surface area (Å²) < 4.78 is 6.51. The van der Waals surface area contributed by atoms with Gasteiger partial charge in [0, 0.05) is 49.3 Å². The molecule has 2 N–H and O–H groups in total. The van der Waals surface area contributed by atoms with Crippen molar-refractivity contribution in [1.29, 1.82) is 0 Å². The molecule has 1 amide bonds. The van der Waals surface area contributed by atoms with Crippen molar-refractivity contribution < 1.29 is 9.53 Å². The number of nitrogens with zero attached hydrogens (tertiary/aromatic N) is 1. The summed E-state index contributed by atoms with van der Waals surface area (Å²) in [7, 11) is 0. The molecule has 2 rings (SSSR count). The summed E-state index contributed by atoms with van der Waals surface area (Å²) in [5.74, 6) is 0.640. The van der Waals surface area contributed by atoms with Crippen molar-refractivity contribution in [2.75, 3.05) is 39.3 Å². The fraction of sp³-hybridized carbons (Fsp3) is 0.562. The van der Waals surface area contributed by atoms with Crippen molar-refractivity contribution in [1.82, 2.24) is 15.5 Å². The van der Waals surface area contributed by atoms with Crippen LogP contribution in [0.3, 0.4) is 0 Å². The minimum atomic E-state index is -0.0648. The molecule has 1 aromatic carbocycles. The van der Waals surface area contributed by atoms with Gasteiger partial charge in [-0.2, -0.15) is 0 Å². The van der Waals surface area contributed by atoms with Crippen LogP contribution in [-0.2, 0) is 0 Å². The molecule has 0 saturated carbocycles. The molecule has 1 heterocycles. The van der Waals surface area contributed by atoms with E-state index in [-0.39, 0.29) is 24.4 Å². The van der Waals surface area contributed by atoms with Crippen molar-refractivity contribution in [2.24, 2.45) is 0 Å². The van der Waals surface area contributed by atoms with Gasteiger partial charge in [0.1, 0.15) is 5.75 Å². The Bertz CT molecular complexity index is 508. The Labute approximate surface area is 152 Å². The zero-order chi connectivity index (χ0) is 15.9. The summed E-state index contributed by atoms with van der Waals surface area (Å²) in [6.45, 7) is 9.61. The fourth-order valence-corrected chi connectivity index (χ4v) is 2.87. The summed E-state index contributed by atoms with van der Waals surface area (Å²) in [4.78, 5) is 14.6. The van der Waals surface area contributed by atoms with Crippen molar-refractivity contribution >= 4 is 34.2 Å². The molecule has 1 saturated heterocycles. The van der Waals surface area contributed by atoms with E-state index >= 15 is 0 Å². The molecule has 0 radical (unpaired) electrons. The van der Waals surface area contributed by atoms with E-state index in [0.29, 0.717) is 17.9 Å². The quantitative estimate of drug-likeness (QED) is 0.761. The molecule has 0 unspecified atom stereocenters. The van der Waals surface area contributed by atoms with Gasteiger partial charge in [-0.3, -0.25) is 9.69 Å². The standard InChI is InChI=1S/C16H24BrN3O2.ClH/c1-12(2)22-15-10-13(9-14(17)11-15)16(21)19-5-8-20-6-3-18-4-7-20;/h9-12,18H,3-8H2,1-2H3,(H,19,21);1H. The van der Waals surface area contributed by atoms with E-state index in [1.54, 1.807) is 6.07 Å². The second-order valence-electron chi connectivity index (χ2n) is 5.69. The van der Waals surface area contributed by atoms with Gasteiger partial charge in [-0.05, 0) is 32.0 Å². The number of benzene rings is 1. The predicted molar refractivity (Wildman–Crippen MR) is 98.8 cm³/mol. The molecule has 1 aliphatic heterocycles. The largest absolute Gasteiger partial charge is 0.491 e. The van der Waals surface area contributed by atoms with Gasteiger partial charge in [0.2, 0.25) is 0 Å². The van der Waals surface area contributed by atoms with Gasteiger partial charge in [0.15, 0.2) is 0 Å². The third-order valence-electron chi connectivity index (χ3n) is 3.43. The van der Waals surface area contributed by atoms with Crippen LogP contribution in [0.1, 0.15) is 24.2 Å². The van der Waals surface area contributed by atoms with Crippen molar-refractivity contribution in [2.45, 2.75) is 20.0 Å². The van der Waals surface area contributed by atoms with E-state index in [1.807, 2.05) is 26.0 Å². The van der Waals surface area contributed by atoms with Gasteiger partial charge in [0.05, 0.1) is 6.10 Å². The SMILES string of the molecule is CC(C)Oc1cc(Br)cc(C(=O)NCCN2CCNCC2)c1.Cl. The zero-order valence-corrected chi connectivity index (χ0v) is 16.0. The third kappa shape index (κ3) is 7.08. The van der Waals surface area contributed by atoms with Gasteiger partial charge < -0.3 is 15.4 Å². The van der Waals surface area contributed by atoms with E-state index in [9.17, 15) is 4.79 Å². The van der Waals surface area contributed by atoms with Crippen LogP contribution < -0.4 is 15.4 Å². The maximum absolute atomic E-state index is 12.3. The summed E-state index contributed by atoms with van der Waals surface area (Å²) in [6.07, 6.45) is 0.0814. The lowest BCUT2D eigenvalue weighted by molar-refractivity contribution is 0.0946. The number of ether oxygens (including phenoxy) is 1. The number of carbonyl (C=O) groups excluding carboxylic acids is 1. The molecule has 1 fully saturated rings. The Morgan fingerprint density at radius 1 is 1.35 bits per heavy atom. The van der Waals surface area contributed by atoms with Crippen LogP contribution in [0, 0.1) is 0 Å². The van der Waals surface area contributed by atoms with E-state index in [0.717, 1.165) is 37.2 Å². The molecule has 1 aromatic rings. The monoisotopic (exact) mass is 405 g/mol. The molecule has 0 bridgehead atoms. The first kappa shape index (κ1) is 20.2. The predicted octanol–water partition coefficient (Wildman–Crippen LogP) is 2.29. The van der Waals surface area contributed by atoms with E-state index in [2.05, 4.69) is 31.5 Å². The third-order valence-corrected chi connectivity index (χ3v) is 3.89. The number of hydrogen-bond donors (Lipinski definition) is 2. The summed E-state index contributed by atoms with van der Waals surface area (Å²) in [5, 5.41) is 6.30. The molecule has 0 spiro atoms. The molecule has 5 nitrogen and oxygen atoms in total. The molecule has 7 heteroatoms.